The fourth-order valence-corrected chi connectivity index (χ4v) is 2.90. The van der Waals surface area contributed by atoms with E-state index in [-0.39, 0.29) is 15.7 Å². The molecular formula is C11H7Cl2NO5S. The lowest BCUT2D eigenvalue weighted by molar-refractivity contribution is 0.0656. The van der Waals surface area contributed by atoms with Crippen molar-refractivity contribution in [1.29, 1.82) is 0 Å². The molecule has 0 atom stereocenters. The van der Waals surface area contributed by atoms with Gasteiger partial charge in [0, 0.05) is 10.0 Å². The normalized spacial score (nSPS) is 11.3. The third-order valence-electron chi connectivity index (χ3n) is 2.17. The molecule has 0 aliphatic rings. The third kappa shape index (κ3) is 3.24. The number of furan rings is 1. The van der Waals surface area contributed by atoms with Gasteiger partial charge in [0.05, 0.1) is 5.69 Å². The molecule has 0 saturated carbocycles. The van der Waals surface area contributed by atoms with Gasteiger partial charge in [-0.25, -0.2) is 4.79 Å². The van der Waals surface area contributed by atoms with Gasteiger partial charge in [0.2, 0.25) is 10.9 Å². The molecule has 9 heteroatoms. The first-order chi connectivity index (χ1) is 9.28. The summed E-state index contributed by atoms with van der Waals surface area (Å²) >= 11 is 11.5. The van der Waals surface area contributed by atoms with Crippen molar-refractivity contribution >= 4 is 44.9 Å². The molecule has 0 radical (unpaired) electrons. The number of nitrogens with one attached hydrogen (secondary N) is 1. The van der Waals surface area contributed by atoms with Gasteiger partial charge in [-0.3, -0.25) is 4.72 Å². The van der Waals surface area contributed by atoms with Crippen molar-refractivity contribution in [2.45, 2.75) is 5.09 Å². The number of carboxylic acid groups (broad SMARTS) is 1. The van der Waals surface area contributed by atoms with Gasteiger partial charge in [-0.2, -0.15) is 8.42 Å². The van der Waals surface area contributed by atoms with Crippen molar-refractivity contribution in [3.8, 4) is 0 Å². The van der Waals surface area contributed by atoms with E-state index < -0.39 is 26.8 Å². The highest BCUT2D eigenvalue weighted by Gasteiger charge is 2.21. The first-order valence-corrected chi connectivity index (χ1v) is 7.34. The highest BCUT2D eigenvalue weighted by atomic mass is 35.5. The quantitative estimate of drug-likeness (QED) is 0.894. The standard InChI is InChI=1S/C11H7Cl2NO5S/c12-6-3-7(13)5-8(4-6)14-20(17,18)10-2-1-9(19-10)11(15)16/h1-5,14H,(H,15,16). The van der Waals surface area contributed by atoms with Crippen molar-refractivity contribution in [3.63, 3.8) is 0 Å². The Balaban J connectivity index is 2.32. The minimum atomic E-state index is -4.06. The smallest absolute Gasteiger partial charge is 0.371 e. The molecule has 0 spiro atoms. The maximum absolute atomic E-state index is 12.0. The molecule has 0 aliphatic carbocycles. The number of carbonyl (C=O) groups is 1. The van der Waals surface area contributed by atoms with Crippen LogP contribution in [0, 0.1) is 0 Å². The van der Waals surface area contributed by atoms with E-state index in [0.717, 1.165) is 12.1 Å². The van der Waals surface area contributed by atoms with Crippen LogP contribution in [0.15, 0.2) is 39.8 Å². The Morgan fingerprint density at radius 3 is 2.25 bits per heavy atom. The van der Waals surface area contributed by atoms with E-state index in [1.807, 2.05) is 0 Å². The first kappa shape index (κ1) is 14.7. The fourth-order valence-electron chi connectivity index (χ4n) is 1.40. The summed E-state index contributed by atoms with van der Waals surface area (Å²) in [4.78, 5) is 10.6. The van der Waals surface area contributed by atoms with Gasteiger partial charge in [0.1, 0.15) is 0 Å². The topological polar surface area (TPSA) is 96.6 Å². The summed E-state index contributed by atoms with van der Waals surface area (Å²) in [6.45, 7) is 0. The van der Waals surface area contributed by atoms with Gasteiger partial charge >= 0.3 is 5.97 Å². The zero-order chi connectivity index (χ0) is 14.9. The molecule has 6 nitrogen and oxygen atoms in total. The van der Waals surface area contributed by atoms with Crippen LogP contribution < -0.4 is 4.72 Å². The first-order valence-electron chi connectivity index (χ1n) is 5.10. The van der Waals surface area contributed by atoms with E-state index >= 15 is 0 Å². The Bertz CT molecular complexity index is 749. The predicted octanol–water partition coefficient (Wildman–Crippen LogP) is 3.09. The second-order valence-electron chi connectivity index (χ2n) is 3.69. The van der Waals surface area contributed by atoms with Gasteiger partial charge < -0.3 is 9.52 Å². The Hall–Kier alpha value is -1.70. The van der Waals surface area contributed by atoms with Gasteiger partial charge in [0.15, 0.2) is 0 Å². The van der Waals surface area contributed by atoms with E-state index in [1.165, 1.54) is 18.2 Å². The third-order valence-corrected chi connectivity index (χ3v) is 3.86. The number of hydrogen-bond donors (Lipinski definition) is 2. The summed E-state index contributed by atoms with van der Waals surface area (Å²) in [6, 6.07) is 6.23. The zero-order valence-corrected chi connectivity index (χ0v) is 12.0. The lowest BCUT2D eigenvalue weighted by Gasteiger charge is -2.06. The van der Waals surface area contributed by atoms with Crippen LogP contribution in [-0.4, -0.2) is 19.5 Å². The summed E-state index contributed by atoms with van der Waals surface area (Å²) in [5.41, 5.74) is 0.135. The molecule has 106 valence electrons. The highest BCUT2D eigenvalue weighted by molar-refractivity contribution is 7.92. The van der Waals surface area contributed by atoms with Crippen molar-refractivity contribution in [2.75, 3.05) is 4.72 Å². The molecule has 1 aromatic carbocycles. The van der Waals surface area contributed by atoms with Crippen LogP contribution in [0.2, 0.25) is 10.0 Å². The molecule has 2 N–H and O–H groups in total. The second kappa shape index (κ2) is 5.35. The van der Waals surface area contributed by atoms with Crippen molar-refractivity contribution < 1.29 is 22.7 Å². The minimum Gasteiger partial charge on any atom is -0.475 e. The summed E-state index contributed by atoms with van der Waals surface area (Å²) in [5, 5.41) is 8.66. The molecule has 1 aromatic heterocycles. The average Bonchev–Trinajstić information content (AvgIpc) is 2.76. The number of anilines is 1. The average molecular weight is 336 g/mol. The molecular weight excluding hydrogens is 329 g/mol. The molecule has 0 saturated heterocycles. The maximum atomic E-state index is 12.0. The summed E-state index contributed by atoms with van der Waals surface area (Å²) < 4.78 is 30.9. The van der Waals surface area contributed by atoms with Crippen LogP contribution in [0.5, 0.6) is 0 Å². The maximum Gasteiger partial charge on any atom is 0.371 e. The van der Waals surface area contributed by atoms with Crippen LogP contribution in [0.1, 0.15) is 10.6 Å². The Kier molecular flexibility index (Phi) is 3.94. The van der Waals surface area contributed by atoms with Gasteiger partial charge in [-0.05, 0) is 30.3 Å². The summed E-state index contributed by atoms with van der Waals surface area (Å²) in [6.07, 6.45) is 0. The van der Waals surface area contributed by atoms with Crippen LogP contribution in [-0.2, 0) is 10.0 Å². The lowest BCUT2D eigenvalue weighted by Crippen LogP contribution is -2.12. The summed E-state index contributed by atoms with van der Waals surface area (Å²) in [5.74, 6) is -1.84. The SMILES string of the molecule is O=C(O)c1ccc(S(=O)(=O)Nc2cc(Cl)cc(Cl)c2)o1. The van der Waals surface area contributed by atoms with Crippen LogP contribution in [0.4, 0.5) is 5.69 Å². The summed E-state index contributed by atoms with van der Waals surface area (Å²) in [7, 11) is -4.06. The van der Waals surface area contributed by atoms with E-state index in [2.05, 4.69) is 4.72 Å². The number of hydrogen-bond acceptors (Lipinski definition) is 4. The molecule has 0 amide bonds. The van der Waals surface area contributed by atoms with Gasteiger partial charge in [-0.1, -0.05) is 23.2 Å². The minimum absolute atomic E-state index is 0.135. The number of aromatic carboxylic acids is 1. The van der Waals surface area contributed by atoms with Crippen LogP contribution in [0.3, 0.4) is 0 Å². The van der Waals surface area contributed by atoms with Crippen LogP contribution in [0.25, 0.3) is 0 Å². The zero-order valence-electron chi connectivity index (χ0n) is 9.63. The molecule has 0 bridgehead atoms. The Morgan fingerprint density at radius 2 is 1.75 bits per heavy atom. The number of halogens is 2. The number of benzene rings is 1. The van der Waals surface area contributed by atoms with E-state index in [4.69, 9.17) is 32.7 Å². The Labute approximate surface area is 124 Å². The molecule has 0 fully saturated rings. The van der Waals surface area contributed by atoms with Crippen molar-refractivity contribution in [1.82, 2.24) is 0 Å². The van der Waals surface area contributed by atoms with Gasteiger partial charge in [0.25, 0.3) is 10.0 Å². The van der Waals surface area contributed by atoms with E-state index in [9.17, 15) is 13.2 Å². The van der Waals surface area contributed by atoms with E-state index in [0.29, 0.717) is 0 Å². The van der Waals surface area contributed by atoms with Crippen LogP contribution >= 0.6 is 23.2 Å². The fraction of sp³-hybridized carbons (Fsp3) is 0. The molecule has 0 unspecified atom stereocenters. The Morgan fingerprint density at radius 1 is 1.15 bits per heavy atom. The molecule has 0 aliphatic heterocycles. The largest absolute Gasteiger partial charge is 0.475 e. The molecule has 20 heavy (non-hydrogen) atoms. The number of sulfonamides is 1. The van der Waals surface area contributed by atoms with Crippen molar-refractivity contribution in [3.05, 3.63) is 46.1 Å². The molecule has 1 heterocycles. The monoisotopic (exact) mass is 335 g/mol. The van der Waals surface area contributed by atoms with Gasteiger partial charge in [-0.15, -0.1) is 0 Å². The highest BCUT2D eigenvalue weighted by Crippen LogP contribution is 2.25. The van der Waals surface area contributed by atoms with Crippen molar-refractivity contribution in [2.24, 2.45) is 0 Å². The number of rotatable bonds is 4. The number of carboxylic acids is 1. The molecule has 2 rings (SSSR count). The second-order valence-corrected chi connectivity index (χ2v) is 6.17. The van der Waals surface area contributed by atoms with E-state index in [1.54, 1.807) is 0 Å². The molecule has 2 aromatic rings. The predicted molar refractivity (Wildman–Crippen MR) is 72.9 cm³/mol. The lowest BCUT2D eigenvalue weighted by atomic mass is 10.3.